The van der Waals surface area contributed by atoms with Gasteiger partial charge in [-0.3, -0.25) is 9.36 Å². The Morgan fingerprint density at radius 2 is 1.69 bits per heavy atom. The van der Waals surface area contributed by atoms with Gasteiger partial charge < -0.3 is 9.67 Å². The Hall–Kier alpha value is -3.67. The van der Waals surface area contributed by atoms with Crippen molar-refractivity contribution in [3.05, 3.63) is 94.9 Å². The predicted octanol–water partition coefficient (Wildman–Crippen LogP) is 2.93. The largest absolute Gasteiger partial charge is 0.478 e. The molecule has 0 unspecified atom stereocenters. The third kappa shape index (κ3) is 2.57. The van der Waals surface area contributed by atoms with Crippen molar-refractivity contribution in [3.63, 3.8) is 0 Å². The normalized spacial score (nSPS) is 10.9. The van der Waals surface area contributed by atoms with E-state index in [4.69, 9.17) is 0 Å². The third-order valence-electron chi connectivity index (χ3n) is 4.31. The van der Waals surface area contributed by atoms with E-state index in [1.165, 1.54) is 4.57 Å². The Bertz CT molecular complexity index is 1150. The van der Waals surface area contributed by atoms with E-state index in [9.17, 15) is 14.7 Å². The zero-order chi connectivity index (χ0) is 18.1. The van der Waals surface area contributed by atoms with Crippen LogP contribution in [0.1, 0.15) is 16.1 Å². The summed E-state index contributed by atoms with van der Waals surface area (Å²) in [6.07, 6.45) is 4.95. The van der Waals surface area contributed by atoms with Crippen molar-refractivity contribution in [2.45, 2.75) is 6.54 Å². The molecule has 0 bridgehead atoms. The highest BCUT2D eigenvalue weighted by atomic mass is 16.4. The predicted molar refractivity (Wildman–Crippen MR) is 97.8 cm³/mol. The first-order valence-corrected chi connectivity index (χ1v) is 8.08. The number of hydrogen-bond acceptors (Lipinski definition) is 3. The maximum Gasteiger partial charge on any atom is 0.338 e. The molecule has 0 amide bonds. The number of hydrogen-bond donors (Lipinski definition) is 1. The summed E-state index contributed by atoms with van der Waals surface area (Å²) in [5.41, 5.74) is 0.913. The molecule has 4 aromatic rings. The minimum absolute atomic E-state index is 0.123. The van der Waals surface area contributed by atoms with Crippen LogP contribution in [0.25, 0.3) is 16.5 Å². The molecule has 2 aromatic carbocycles. The van der Waals surface area contributed by atoms with E-state index in [0.717, 1.165) is 0 Å². The van der Waals surface area contributed by atoms with Crippen LogP contribution < -0.4 is 5.56 Å². The second-order valence-corrected chi connectivity index (χ2v) is 5.88. The first kappa shape index (κ1) is 15.8. The van der Waals surface area contributed by atoms with Crippen molar-refractivity contribution in [2.75, 3.05) is 0 Å². The van der Waals surface area contributed by atoms with Crippen LogP contribution in [0.4, 0.5) is 0 Å². The van der Waals surface area contributed by atoms with E-state index >= 15 is 0 Å². The average molecular weight is 345 g/mol. The molecule has 0 aliphatic rings. The molecule has 0 aliphatic carbocycles. The molecule has 1 N–H and O–H groups in total. The minimum Gasteiger partial charge on any atom is -0.478 e. The van der Waals surface area contributed by atoms with Crippen LogP contribution in [0.2, 0.25) is 0 Å². The van der Waals surface area contributed by atoms with E-state index in [1.807, 2.05) is 18.2 Å². The highest BCUT2D eigenvalue weighted by Crippen LogP contribution is 2.23. The molecule has 0 aliphatic heterocycles. The van der Waals surface area contributed by atoms with Crippen LogP contribution in [0.5, 0.6) is 0 Å². The monoisotopic (exact) mass is 345 g/mol. The van der Waals surface area contributed by atoms with E-state index in [1.54, 1.807) is 59.7 Å². The summed E-state index contributed by atoms with van der Waals surface area (Å²) in [4.78, 5) is 29.3. The molecular weight excluding hydrogens is 330 g/mol. The number of para-hydroxylation sites is 1. The first-order chi connectivity index (χ1) is 12.7. The molecule has 6 nitrogen and oxygen atoms in total. The van der Waals surface area contributed by atoms with Gasteiger partial charge >= 0.3 is 5.97 Å². The molecule has 4 rings (SSSR count). The SMILES string of the molecule is O=C(O)c1c(Cn2ccnc2)n(-c2ccccc2)c(=O)c2ccccc12. The van der Waals surface area contributed by atoms with Gasteiger partial charge in [-0.25, -0.2) is 9.78 Å². The lowest BCUT2D eigenvalue weighted by Crippen LogP contribution is -2.27. The van der Waals surface area contributed by atoms with Gasteiger partial charge in [-0.05, 0) is 18.2 Å². The fraction of sp³-hybridized carbons (Fsp3) is 0.0500. The summed E-state index contributed by atoms with van der Waals surface area (Å²) < 4.78 is 3.22. The topological polar surface area (TPSA) is 77.1 Å². The van der Waals surface area contributed by atoms with Crippen molar-refractivity contribution < 1.29 is 9.90 Å². The van der Waals surface area contributed by atoms with E-state index in [2.05, 4.69) is 4.98 Å². The van der Waals surface area contributed by atoms with Gasteiger partial charge in [0.05, 0.1) is 24.1 Å². The van der Waals surface area contributed by atoms with Gasteiger partial charge in [-0.15, -0.1) is 0 Å². The maximum atomic E-state index is 13.2. The number of aromatic carboxylic acids is 1. The Balaban J connectivity index is 2.14. The van der Waals surface area contributed by atoms with Crippen molar-refractivity contribution in [1.82, 2.24) is 14.1 Å². The van der Waals surface area contributed by atoms with Crippen molar-refractivity contribution >= 4 is 16.7 Å². The summed E-state index contributed by atoms with van der Waals surface area (Å²) in [6, 6.07) is 15.9. The molecule has 0 fully saturated rings. The van der Waals surface area contributed by atoms with E-state index < -0.39 is 5.97 Å². The van der Waals surface area contributed by atoms with Crippen LogP contribution in [-0.4, -0.2) is 25.2 Å². The number of nitrogens with zero attached hydrogens (tertiary/aromatic N) is 3. The van der Waals surface area contributed by atoms with Gasteiger partial charge in [0.2, 0.25) is 0 Å². The summed E-state index contributed by atoms with van der Waals surface area (Å²) >= 11 is 0. The minimum atomic E-state index is -1.07. The van der Waals surface area contributed by atoms with Gasteiger partial charge in [0.25, 0.3) is 5.56 Å². The first-order valence-electron chi connectivity index (χ1n) is 8.08. The fourth-order valence-electron chi connectivity index (χ4n) is 3.19. The lowest BCUT2D eigenvalue weighted by Gasteiger charge is -2.18. The average Bonchev–Trinajstić information content (AvgIpc) is 3.16. The molecule has 0 saturated carbocycles. The van der Waals surface area contributed by atoms with Crippen molar-refractivity contribution in [1.29, 1.82) is 0 Å². The second-order valence-electron chi connectivity index (χ2n) is 5.88. The number of carbonyl (C=O) groups is 1. The number of imidazole rings is 1. The Labute approximate surface area is 148 Å². The highest BCUT2D eigenvalue weighted by molar-refractivity contribution is 6.04. The number of aromatic nitrogens is 3. The van der Waals surface area contributed by atoms with Gasteiger partial charge in [-0.2, -0.15) is 0 Å². The van der Waals surface area contributed by atoms with Gasteiger partial charge in [0, 0.05) is 28.9 Å². The molecule has 128 valence electrons. The zero-order valence-corrected chi connectivity index (χ0v) is 13.7. The molecule has 2 aromatic heterocycles. The molecule has 2 heterocycles. The smallest absolute Gasteiger partial charge is 0.338 e. The summed E-state index contributed by atoms with van der Waals surface area (Å²) in [7, 11) is 0. The number of carboxylic acids is 1. The Morgan fingerprint density at radius 1 is 1.00 bits per heavy atom. The fourth-order valence-corrected chi connectivity index (χ4v) is 3.19. The highest BCUT2D eigenvalue weighted by Gasteiger charge is 2.22. The summed E-state index contributed by atoms with van der Waals surface area (Å²) in [5.74, 6) is -1.07. The number of pyridine rings is 1. The van der Waals surface area contributed by atoms with E-state index in [-0.39, 0.29) is 17.7 Å². The number of fused-ring (bicyclic) bond motifs is 1. The Kier molecular flexibility index (Phi) is 3.85. The van der Waals surface area contributed by atoms with Crippen LogP contribution in [0.3, 0.4) is 0 Å². The lowest BCUT2D eigenvalue weighted by atomic mass is 10.0. The van der Waals surface area contributed by atoms with E-state index in [0.29, 0.717) is 22.2 Å². The molecule has 6 heteroatoms. The molecule has 0 atom stereocenters. The van der Waals surface area contributed by atoms with Crippen LogP contribution in [-0.2, 0) is 6.54 Å². The van der Waals surface area contributed by atoms with Crippen molar-refractivity contribution in [3.8, 4) is 5.69 Å². The van der Waals surface area contributed by atoms with Crippen LogP contribution in [0, 0.1) is 0 Å². The van der Waals surface area contributed by atoms with Crippen LogP contribution >= 0.6 is 0 Å². The number of benzene rings is 2. The summed E-state index contributed by atoms with van der Waals surface area (Å²) in [6.45, 7) is 0.219. The molecule has 0 saturated heterocycles. The second kappa shape index (κ2) is 6.33. The maximum absolute atomic E-state index is 13.2. The molecule has 0 radical (unpaired) electrons. The molecular formula is C20H15N3O3. The quantitative estimate of drug-likeness (QED) is 0.617. The number of carboxylic acid groups (broad SMARTS) is 1. The van der Waals surface area contributed by atoms with Crippen LogP contribution in [0.15, 0.2) is 78.1 Å². The standard InChI is InChI=1S/C20H15N3O3/c24-19-16-9-5-4-8-15(16)18(20(25)26)17(12-22-11-10-21-13-22)23(19)14-6-2-1-3-7-14/h1-11,13H,12H2,(H,25,26). The molecule has 26 heavy (non-hydrogen) atoms. The Morgan fingerprint density at radius 3 is 2.35 bits per heavy atom. The van der Waals surface area contributed by atoms with Crippen molar-refractivity contribution in [2.24, 2.45) is 0 Å². The van der Waals surface area contributed by atoms with Gasteiger partial charge in [-0.1, -0.05) is 36.4 Å². The van der Waals surface area contributed by atoms with Gasteiger partial charge in [0.1, 0.15) is 0 Å². The zero-order valence-electron chi connectivity index (χ0n) is 13.7. The van der Waals surface area contributed by atoms with Gasteiger partial charge in [0.15, 0.2) is 0 Å². The third-order valence-corrected chi connectivity index (χ3v) is 4.31. The molecule has 0 spiro atoms. The lowest BCUT2D eigenvalue weighted by molar-refractivity contribution is 0.0697. The number of rotatable bonds is 4. The summed E-state index contributed by atoms with van der Waals surface area (Å²) in [5, 5.41) is 10.7.